The first-order valence-electron chi connectivity index (χ1n) is 6.76. The van der Waals surface area contributed by atoms with Gasteiger partial charge in [-0.05, 0) is 43.2 Å². The van der Waals surface area contributed by atoms with Crippen LogP contribution in [0.15, 0.2) is 18.2 Å². The zero-order chi connectivity index (χ0) is 13.8. The van der Waals surface area contributed by atoms with Crippen LogP contribution < -0.4 is 0 Å². The number of benzene rings is 1. The summed E-state index contributed by atoms with van der Waals surface area (Å²) in [5.74, 6) is -1.73. The highest BCUT2D eigenvalue weighted by Crippen LogP contribution is 2.41. The molecule has 19 heavy (non-hydrogen) atoms. The maximum atomic E-state index is 12.9. The number of aliphatic carboxylic acids is 1. The highest BCUT2D eigenvalue weighted by molar-refractivity contribution is 5.70. The fourth-order valence-electron chi connectivity index (χ4n) is 2.40. The van der Waals surface area contributed by atoms with E-state index in [9.17, 15) is 13.6 Å². The van der Waals surface area contributed by atoms with Crippen LogP contribution in [0.3, 0.4) is 0 Å². The van der Waals surface area contributed by atoms with Crippen LogP contribution in [0.5, 0.6) is 0 Å². The summed E-state index contributed by atoms with van der Waals surface area (Å²) >= 11 is 0. The second-order valence-electron chi connectivity index (χ2n) is 5.24. The summed E-state index contributed by atoms with van der Waals surface area (Å²) in [6.45, 7) is 0. The Morgan fingerprint density at radius 3 is 2.21 bits per heavy atom. The number of carboxylic acid groups (broad SMARTS) is 1. The van der Waals surface area contributed by atoms with E-state index >= 15 is 0 Å². The maximum absolute atomic E-state index is 12.9. The fourth-order valence-corrected chi connectivity index (χ4v) is 2.40. The quantitative estimate of drug-likeness (QED) is 0.876. The van der Waals surface area contributed by atoms with Crippen molar-refractivity contribution in [3.63, 3.8) is 0 Å². The topological polar surface area (TPSA) is 37.3 Å². The summed E-state index contributed by atoms with van der Waals surface area (Å²) in [6.07, 6.45) is 6.01. The molecule has 2 nitrogen and oxygen atoms in total. The van der Waals surface area contributed by atoms with E-state index in [1.165, 1.54) is 0 Å². The van der Waals surface area contributed by atoms with E-state index in [1.807, 2.05) is 0 Å². The van der Waals surface area contributed by atoms with Crippen molar-refractivity contribution in [2.24, 2.45) is 5.92 Å². The Balaban J connectivity index is 0.000000148. The van der Waals surface area contributed by atoms with Gasteiger partial charge in [-0.1, -0.05) is 25.0 Å². The minimum atomic E-state index is -0.727. The first-order valence-corrected chi connectivity index (χ1v) is 6.76. The molecular formula is C15H18F2O2. The van der Waals surface area contributed by atoms with Gasteiger partial charge >= 0.3 is 5.97 Å². The zero-order valence-electron chi connectivity index (χ0n) is 10.7. The molecule has 0 unspecified atom stereocenters. The lowest BCUT2D eigenvalue weighted by Crippen LogP contribution is -2.07. The predicted octanol–water partition coefficient (Wildman–Crippen LogP) is 4.10. The van der Waals surface area contributed by atoms with E-state index in [0.717, 1.165) is 44.6 Å². The molecule has 0 amide bonds. The molecule has 1 aromatic carbocycles. The van der Waals surface area contributed by atoms with Crippen LogP contribution in [0.4, 0.5) is 8.78 Å². The van der Waals surface area contributed by atoms with Crippen LogP contribution in [-0.4, -0.2) is 11.1 Å². The molecule has 0 spiro atoms. The van der Waals surface area contributed by atoms with Gasteiger partial charge in [-0.2, -0.15) is 0 Å². The molecule has 1 N–H and O–H groups in total. The van der Waals surface area contributed by atoms with Crippen molar-refractivity contribution in [3.05, 3.63) is 35.4 Å². The fraction of sp³-hybridized carbons (Fsp3) is 0.533. The molecule has 0 aliphatic heterocycles. The van der Waals surface area contributed by atoms with Crippen molar-refractivity contribution in [2.45, 2.75) is 44.4 Å². The van der Waals surface area contributed by atoms with E-state index in [-0.39, 0.29) is 11.8 Å². The molecule has 0 saturated heterocycles. The van der Waals surface area contributed by atoms with E-state index in [4.69, 9.17) is 5.11 Å². The van der Waals surface area contributed by atoms with Gasteiger partial charge in [-0.15, -0.1) is 0 Å². The van der Waals surface area contributed by atoms with E-state index in [1.54, 1.807) is 12.1 Å². The molecule has 1 aromatic rings. The summed E-state index contributed by atoms with van der Waals surface area (Å²) in [7, 11) is 0. The molecule has 2 saturated carbocycles. The van der Waals surface area contributed by atoms with Gasteiger partial charge in [0.1, 0.15) is 0 Å². The van der Waals surface area contributed by atoms with Gasteiger partial charge in [0.25, 0.3) is 0 Å². The van der Waals surface area contributed by atoms with Crippen LogP contribution >= 0.6 is 0 Å². The van der Waals surface area contributed by atoms with Gasteiger partial charge in [0, 0.05) is 0 Å². The molecule has 104 valence electrons. The van der Waals surface area contributed by atoms with Gasteiger partial charge in [0.2, 0.25) is 0 Å². The molecule has 0 bridgehead atoms. The number of hydrogen-bond acceptors (Lipinski definition) is 1. The molecule has 0 heterocycles. The summed E-state index contributed by atoms with van der Waals surface area (Å²) in [6, 6.07) is 4.38. The molecule has 3 rings (SSSR count). The molecule has 2 aliphatic rings. The van der Waals surface area contributed by atoms with Crippen molar-refractivity contribution in [3.8, 4) is 0 Å². The Bertz CT molecular complexity index is 449. The average Bonchev–Trinajstić information content (AvgIpc) is 3.06. The first kappa shape index (κ1) is 14.0. The Hall–Kier alpha value is -1.45. The number of rotatable bonds is 2. The van der Waals surface area contributed by atoms with Crippen LogP contribution in [-0.2, 0) is 4.79 Å². The summed E-state index contributed by atoms with van der Waals surface area (Å²) < 4.78 is 25.5. The molecule has 0 radical (unpaired) electrons. The van der Waals surface area contributed by atoms with Crippen molar-refractivity contribution in [2.75, 3.05) is 0 Å². The van der Waals surface area contributed by atoms with E-state index in [0.29, 0.717) is 5.56 Å². The molecule has 4 heteroatoms. The van der Waals surface area contributed by atoms with Crippen molar-refractivity contribution < 1.29 is 18.7 Å². The minimum Gasteiger partial charge on any atom is -0.481 e. The van der Waals surface area contributed by atoms with Crippen LogP contribution in [0.25, 0.3) is 0 Å². The maximum Gasteiger partial charge on any atom is 0.306 e. The Morgan fingerprint density at radius 1 is 1.11 bits per heavy atom. The second-order valence-corrected chi connectivity index (χ2v) is 5.24. The Morgan fingerprint density at radius 2 is 1.74 bits per heavy atom. The third-order valence-corrected chi connectivity index (χ3v) is 3.70. The van der Waals surface area contributed by atoms with Crippen LogP contribution in [0, 0.1) is 17.6 Å². The number of carbonyl (C=O) groups is 1. The number of halogens is 2. The molecule has 0 aromatic heterocycles. The summed E-state index contributed by atoms with van der Waals surface area (Å²) in [4.78, 5) is 10.2. The predicted molar refractivity (Wildman–Crippen MR) is 67.9 cm³/mol. The first-order chi connectivity index (χ1) is 9.09. The van der Waals surface area contributed by atoms with Gasteiger partial charge < -0.3 is 5.11 Å². The Kier molecular flexibility index (Phi) is 4.51. The number of hydrogen-bond donors (Lipinski definition) is 1. The highest BCUT2D eigenvalue weighted by atomic mass is 19.2. The molecular weight excluding hydrogens is 250 g/mol. The van der Waals surface area contributed by atoms with Crippen molar-refractivity contribution >= 4 is 5.97 Å². The van der Waals surface area contributed by atoms with Gasteiger partial charge in [0.15, 0.2) is 11.6 Å². The van der Waals surface area contributed by atoms with Crippen molar-refractivity contribution in [1.82, 2.24) is 0 Å². The lowest BCUT2D eigenvalue weighted by molar-refractivity contribution is -0.141. The SMILES string of the molecule is Fc1cccc(C2CC2)c1F.O=C(O)C1CCCC1. The van der Waals surface area contributed by atoms with Crippen LogP contribution in [0.2, 0.25) is 0 Å². The molecule has 0 atom stereocenters. The zero-order valence-corrected chi connectivity index (χ0v) is 10.7. The minimum absolute atomic E-state index is 0.0185. The monoisotopic (exact) mass is 268 g/mol. The van der Waals surface area contributed by atoms with Gasteiger partial charge in [-0.25, -0.2) is 8.78 Å². The Labute approximate surface area is 111 Å². The second kappa shape index (κ2) is 6.13. The standard InChI is InChI=1S/C9H8F2.C6H10O2/c10-8-3-1-2-7(9(8)11)6-4-5-6;7-6(8)5-3-1-2-4-5/h1-3,6H,4-5H2;5H,1-4H2,(H,7,8). The summed E-state index contributed by atoms with van der Waals surface area (Å²) in [5.41, 5.74) is 0.546. The molecule has 2 fully saturated rings. The lowest BCUT2D eigenvalue weighted by atomic mass is 10.1. The third-order valence-electron chi connectivity index (χ3n) is 3.70. The van der Waals surface area contributed by atoms with E-state index < -0.39 is 17.6 Å². The molecule has 2 aliphatic carbocycles. The summed E-state index contributed by atoms with van der Waals surface area (Å²) in [5, 5.41) is 8.41. The van der Waals surface area contributed by atoms with Gasteiger partial charge in [-0.3, -0.25) is 4.79 Å². The highest BCUT2D eigenvalue weighted by Gasteiger charge is 2.27. The average molecular weight is 268 g/mol. The smallest absolute Gasteiger partial charge is 0.306 e. The van der Waals surface area contributed by atoms with Crippen molar-refractivity contribution in [1.29, 1.82) is 0 Å². The third kappa shape index (κ3) is 3.75. The normalized spacial score (nSPS) is 18.8. The van der Waals surface area contributed by atoms with Gasteiger partial charge in [0.05, 0.1) is 5.92 Å². The van der Waals surface area contributed by atoms with E-state index in [2.05, 4.69) is 0 Å². The largest absolute Gasteiger partial charge is 0.481 e. The lowest BCUT2D eigenvalue weighted by Gasteiger charge is -1.99. The number of carboxylic acids is 1. The van der Waals surface area contributed by atoms with Crippen LogP contribution in [0.1, 0.15) is 50.0 Å².